The van der Waals surface area contributed by atoms with Gasteiger partial charge < -0.3 is 10.2 Å². The molecule has 0 radical (unpaired) electrons. The van der Waals surface area contributed by atoms with E-state index in [-0.39, 0.29) is 11.6 Å². The highest BCUT2D eigenvalue weighted by Crippen LogP contribution is 2.20. The van der Waals surface area contributed by atoms with Crippen LogP contribution in [0.2, 0.25) is 0 Å². The van der Waals surface area contributed by atoms with Crippen LogP contribution in [0.15, 0.2) is 48.8 Å². The van der Waals surface area contributed by atoms with Crippen molar-refractivity contribution in [2.24, 2.45) is 0 Å². The maximum absolute atomic E-state index is 14.1. The van der Waals surface area contributed by atoms with Crippen molar-refractivity contribution < 1.29 is 9.18 Å². The fourth-order valence-corrected chi connectivity index (χ4v) is 2.62. The molecule has 27 heavy (non-hydrogen) atoms. The molecule has 1 heterocycles. The van der Waals surface area contributed by atoms with Crippen molar-refractivity contribution in [2.75, 3.05) is 23.8 Å². The van der Waals surface area contributed by atoms with Gasteiger partial charge in [0.2, 0.25) is 0 Å². The minimum Gasteiger partial charge on any atom is -0.375 e. The van der Waals surface area contributed by atoms with Gasteiger partial charge in [-0.25, -0.2) is 9.07 Å². The normalized spacial score (nSPS) is 10.6. The Labute approximate surface area is 156 Å². The summed E-state index contributed by atoms with van der Waals surface area (Å²) in [6, 6.07) is 11.5. The van der Waals surface area contributed by atoms with Crippen LogP contribution < -0.4 is 10.2 Å². The second-order valence-electron chi connectivity index (χ2n) is 6.19. The number of hydrogen-bond acceptors (Lipinski definition) is 5. The number of tetrazole rings is 1. The van der Waals surface area contributed by atoms with E-state index in [0.29, 0.717) is 11.3 Å². The van der Waals surface area contributed by atoms with Gasteiger partial charge in [0.05, 0.1) is 11.4 Å². The van der Waals surface area contributed by atoms with Gasteiger partial charge in [-0.15, -0.1) is 5.10 Å². The number of aromatic nitrogens is 4. The summed E-state index contributed by atoms with van der Waals surface area (Å²) in [7, 11) is 2.02. The number of rotatable bonds is 7. The summed E-state index contributed by atoms with van der Waals surface area (Å²) in [5, 5.41) is 13.5. The Bertz CT molecular complexity index is 895. The van der Waals surface area contributed by atoms with E-state index in [1.54, 1.807) is 12.1 Å². The largest absolute Gasteiger partial charge is 0.375 e. The Morgan fingerprint density at radius 2 is 2.00 bits per heavy atom. The van der Waals surface area contributed by atoms with Crippen molar-refractivity contribution in [2.45, 2.75) is 19.8 Å². The zero-order chi connectivity index (χ0) is 19.2. The predicted octanol–water partition coefficient (Wildman–Crippen LogP) is 3.29. The molecular weight excluding hydrogens is 347 g/mol. The Kier molecular flexibility index (Phi) is 5.75. The molecule has 7 nitrogen and oxygen atoms in total. The van der Waals surface area contributed by atoms with Crippen LogP contribution in [0.4, 0.5) is 15.8 Å². The predicted molar refractivity (Wildman–Crippen MR) is 102 cm³/mol. The number of halogens is 1. The van der Waals surface area contributed by atoms with Crippen LogP contribution in [0.5, 0.6) is 0 Å². The number of nitrogens with zero attached hydrogens (tertiary/aromatic N) is 5. The molecule has 1 N–H and O–H groups in total. The molecular formula is C19H21FN6O. The summed E-state index contributed by atoms with van der Waals surface area (Å²) in [5.74, 6) is -0.915. The number of benzene rings is 2. The van der Waals surface area contributed by atoms with Crippen molar-refractivity contribution in [1.29, 1.82) is 0 Å². The van der Waals surface area contributed by atoms with Gasteiger partial charge in [0.25, 0.3) is 5.91 Å². The van der Waals surface area contributed by atoms with E-state index >= 15 is 0 Å². The van der Waals surface area contributed by atoms with Crippen LogP contribution in [-0.4, -0.2) is 39.7 Å². The molecule has 1 amide bonds. The standard InChI is InChI=1S/C19H21FN6O/c1-3-4-11-25(2)15-7-5-14(6-8-15)19(27)22-18-12-16(9-10-17(18)20)26-13-21-23-24-26/h5-10,12-13H,3-4,11H2,1-2H3,(H,22,27). The van der Waals surface area contributed by atoms with Crippen LogP contribution in [0.1, 0.15) is 30.1 Å². The molecule has 8 heteroatoms. The molecule has 0 saturated carbocycles. The molecule has 0 aliphatic carbocycles. The lowest BCUT2D eigenvalue weighted by molar-refractivity contribution is 0.102. The molecule has 0 aliphatic rings. The first-order valence-electron chi connectivity index (χ1n) is 8.74. The van der Waals surface area contributed by atoms with Crippen LogP contribution in [-0.2, 0) is 0 Å². The summed E-state index contributed by atoms with van der Waals surface area (Å²) in [6.07, 6.45) is 3.63. The van der Waals surface area contributed by atoms with Gasteiger partial charge in [0, 0.05) is 24.8 Å². The molecule has 0 saturated heterocycles. The Balaban J connectivity index is 1.73. The molecule has 0 atom stereocenters. The maximum atomic E-state index is 14.1. The zero-order valence-corrected chi connectivity index (χ0v) is 15.3. The highest BCUT2D eigenvalue weighted by Gasteiger charge is 2.12. The Morgan fingerprint density at radius 3 is 2.67 bits per heavy atom. The number of anilines is 2. The quantitative estimate of drug-likeness (QED) is 0.693. The molecule has 0 fully saturated rings. The fraction of sp³-hybridized carbons (Fsp3) is 0.263. The minimum atomic E-state index is -0.531. The van der Waals surface area contributed by atoms with Gasteiger partial charge in [0.15, 0.2) is 0 Å². The van der Waals surface area contributed by atoms with Gasteiger partial charge in [-0.1, -0.05) is 13.3 Å². The third-order valence-corrected chi connectivity index (χ3v) is 4.23. The van der Waals surface area contributed by atoms with E-state index in [1.165, 1.54) is 29.2 Å². The molecule has 0 unspecified atom stereocenters. The number of amides is 1. The van der Waals surface area contributed by atoms with Gasteiger partial charge in [-0.2, -0.15) is 0 Å². The number of unbranched alkanes of at least 4 members (excludes halogenated alkanes) is 1. The van der Waals surface area contributed by atoms with Crippen molar-refractivity contribution >= 4 is 17.3 Å². The first kappa shape index (κ1) is 18.5. The van der Waals surface area contributed by atoms with Crippen LogP contribution >= 0.6 is 0 Å². The Hall–Kier alpha value is -3.29. The highest BCUT2D eigenvalue weighted by atomic mass is 19.1. The third kappa shape index (κ3) is 4.46. The molecule has 0 aliphatic heterocycles. The van der Waals surface area contributed by atoms with E-state index in [0.717, 1.165) is 25.1 Å². The van der Waals surface area contributed by atoms with Crippen LogP contribution in [0.3, 0.4) is 0 Å². The minimum absolute atomic E-state index is 0.0668. The third-order valence-electron chi connectivity index (χ3n) is 4.23. The first-order valence-corrected chi connectivity index (χ1v) is 8.74. The van der Waals surface area contributed by atoms with Gasteiger partial charge in [0.1, 0.15) is 12.1 Å². The lowest BCUT2D eigenvalue weighted by atomic mass is 10.1. The smallest absolute Gasteiger partial charge is 0.255 e. The first-order chi connectivity index (χ1) is 13.1. The maximum Gasteiger partial charge on any atom is 0.255 e. The second kappa shape index (κ2) is 8.39. The Morgan fingerprint density at radius 1 is 1.22 bits per heavy atom. The molecule has 3 aromatic rings. The van der Waals surface area contributed by atoms with Gasteiger partial charge >= 0.3 is 0 Å². The number of hydrogen-bond donors (Lipinski definition) is 1. The fourth-order valence-electron chi connectivity index (χ4n) is 2.62. The highest BCUT2D eigenvalue weighted by molar-refractivity contribution is 6.04. The van der Waals surface area contributed by atoms with Crippen LogP contribution in [0, 0.1) is 5.82 Å². The molecule has 1 aromatic heterocycles. The van der Waals surface area contributed by atoms with Gasteiger partial charge in [-0.3, -0.25) is 4.79 Å². The van der Waals surface area contributed by atoms with Crippen molar-refractivity contribution in [3.63, 3.8) is 0 Å². The van der Waals surface area contributed by atoms with Crippen molar-refractivity contribution in [3.8, 4) is 5.69 Å². The molecule has 0 bridgehead atoms. The molecule has 3 rings (SSSR count). The van der Waals surface area contributed by atoms with Crippen LogP contribution in [0.25, 0.3) is 5.69 Å². The molecule has 0 spiro atoms. The average Bonchev–Trinajstić information content (AvgIpc) is 3.22. The van der Waals surface area contributed by atoms with Gasteiger partial charge in [-0.05, 0) is 59.3 Å². The van der Waals surface area contributed by atoms with E-state index in [4.69, 9.17) is 0 Å². The summed E-state index contributed by atoms with van der Waals surface area (Å²) in [6.45, 7) is 3.10. The molecule has 140 valence electrons. The topological polar surface area (TPSA) is 75.9 Å². The lowest BCUT2D eigenvalue weighted by Gasteiger charge is -2.19. The average molecular weight is 368 g/mol. The second-order valence-corrected chi connectivity index (χ2v) is 6.19. The van der Waals surface area contributed by atoms with E-state index in [1.807, 2.05) is 19.2 Å². The monoisotopic (exact) mass is 368 g/mol. The summed E-state index contributed by atoms with van der Waals surface area (Å²) < 4.78 is 15.5. The number of carbonyl (C=O) groups excluding carboxylic acids is 1. The summed E-state index contributed by atoms with van der Waals surface area (Å²) in [5.41, 5.74) is 2.10. The van der Waals surface area contributed by atoms with E-state index < -0.39 is 5.82 Å². The molecule has 2 aromatic carbocycles. The van der Waals surface area contributed by atoms with E-state index in [9.17, 15) is 9.18 Å². The summed E-state index contributed by atoms with van der Waals surface area (Å²) >= 11 is 0. The van der Waals surface area contributed by atoms with Crippen molar-refractivity contribution in [1.82, 2.24) is 20.2 Å². The number of nitrogens with one attached hydrogen (secondary N) is 1. The van der Waals surface area contributed by atoms with E-state index in [2.05, 4.69) is 32.7 Å². The number of carbonyl (C=O) groups is 1. The summed E-state index contributed by atoms with van der Waals surface area (Å²) in [4.78, 5) is 14.6. The van der Waals surface area contributed by atoms with Crippen molar-refractivity contribution in [3.05, 3.63) is 60.2 Å². The SMILES string of the molecule is CCCCN(C)c1ccc(C(=O)Nc2cc(-n3cnnn3)ccc2F)cc1. The zero-order valence-electron chi connectivity index (χ0n) is 15.3. The lowest BCUT2D eigenvalue weighted by Crippen LogP contribution is -2.18.